The highest BCUT2D eigenvalue weighted by atomic mass is 32.2. The lowest BCUT2D eigenvalue weighted by atomic mass is 9.93. The van der Waals surface area contributed by atoms with Gasteiger partial charge in [0.1, 0.15) is 12.4 Å². The molecule has 0 atom stereocenters. The van der Waals surface area contributed by atoms with Gasteiger partial charge in [0.2, 0.25) is 0 Å². The second kappa shape index (κ2) is 7.37. The van der Waals surface area contributed by atoms with Crippen molar-refractivity contribution in [3.63, 3.8) is 0 Å². The molecule has 2 aliphatic heterocycles. The zero-order valence-electron chi connectivity index (χ0n) is 16.4. The van der Waals surface area contributed by atoms with Crippen LogP contribution in [0, 0.1) is 5.92 Å². The fourth-order valence-electron chi connectivity index (χ4n) is 3.59. The third kappa shape index (κ3) is 4.09. The predicted molar refractivity (Wildman–Crippen MR) is 103 cm³/mol. The molecule has 8 nitrogen and oxygen atoms in total. The van der Waals surface area contributed by atoms with E-state index < -0.39 is 15.7 Å². The number of cyclic esters (lactones) is 1. The Morgan fingerprint density at radius 3 is 2.48 bits per heavy atom. The Bertz CT molecular complexity index is 801. The summed E-state index contributed by atoms with van der Waals surface area (Å²) in [4.78, 5) is 18.3. The minimum atomic E-state index is -3.34. The molecule has 150 valence electrons. The summed E-state index contributed by atoms with van der Waals surface area (Å²) < 4.78 is 32.4. The zero-order valence-corrected chi connectivity index (χ0v) is 17.2. The number of amides is 1. The lowest BCUT2D eigenvalue weighted by Gasteiger charge is -2.32. The molecule has 3 rings (SSSR count). The quantitative estimate of drug-likeness (QED) is 0.759. The Morgan fingerprint density at radius 2 is 1.93 bits per heavy atom. The number of hydrogen-bond donors (Lipinski definition) is 0. The van der Waals surface area contributed by atoms with Crippen LogP contribution in [0.2, 0.25) is 0 Å². The maximum atomic E-state index is 12.2. The molecule has 2 saturated heterocycles. The molecule has 2 fully saturated rings. The number of nitrogens with zero attached hydrogens (tertiary/aromatic N) is 4. The summed E-state index contributed by atoms with van der Waals surface area (Å²) in [6, 6.07) is 5.69. The van der Waals surface area contributed by atoms with Crippen LogP contribution in [0.3, 0.4) is 0 Å². The van der Waals surface area contributed by atoms with Gasteiger partial charge in [0.05, 0.1) is 5.54 Å². The van der Waals surface area contributed by atoms with Crippen molar-refractivity contribution >= 4 is 22.1 Å². The maximum absolute atomic E-state index is 12.2. The number of anilines is 1. The van der Waals surface area contributed by atoms with E-state index in [0.717, 1.165) is 25.0 Å². The summed E-state index contributed by atoms with van der Waals surface area (Å²) >= 11 is 0. The summed E-state index contributed by atoms with van der Waals surface area (Å²) in [5.74, 6) is 0.979. The van der Waals surface area contributed by atoms with E-state index in [0.29, 0.717) is 31.4 Å². The van der Waals surface area contributed by atoms with E-state index in [9.17, 15) is 13.2 Å². The minimum absolute atomic E-state index is 0.344. The standard InChI is InChI=1S/C18H28N4O4S/c1-18(2)13-26-17(23)22(18)16-7-5-6-15(19-16)12-14-8-10-21(11-9-14)27(24,25)20(3)4/h5-7,14H,8-13H2,1-4H3. The van der Waals surface area contributed by atoms with Gasteiger partial charge >= 0.3 is 6.09 Å². The van der Waals surface area contributed by atoms with E-state index in [2.05, 4.69) is 4.98 Å². The number of ether oxygens (including phenoxy) is 1. The number of aromatic nitrogens is 1. The molecular weight excluding hydrogens is 368 g/mol. The average Bonchev–Trinajstić information content (AvgIpc) is 2.88. The van der Waals surface area contributed by atoms with Gasteiger partial charge in [0.25, 0.3) is 10.2 Å². The maximum Gasteiger partial charge on any atom is 0.416 e. The number of piperidine rings is 1. The van der Waals surface area contributed by atoms with Crippen molar-refractivity contribution < 1.29 is 17.9 Å². The van der Waals surface area contributed by atoms with Gasteiger partial charge in [-0.1, -0.05) is 6.07 Å². The molecule has 1 aromatic heterocycles. The van der Waals surface area contributed by atoms with E-state index in [4.69, 9.17) is 4.74 Å². The predicted octanol–water partition coefficient (Wildman–Crippen LogP) is 1.88. The molecule has 9 heteroatoms. The van der Waals surface area contributed by atoms with Crippen molar-refractivity contribution in [3.8, 4) is 0 Å². The number of carbonyl (C=O) groups is 1. The fourth-order valence-corrected chi connectivity index (χ4v) is 4.73. The normalized spacial score (nSPS) is 21.7. The lowest BCUT2D eigenvalue weighted by Crippen LogP contribution is -2.44. The van der Waals surface area contributed by atoms with Crippen LogP contribution in [0.15, 0.2) is 18.2 Å². The van der Waals surface area contributed by atoms with Crippen molar-refractivity contribution in [1.82, 2.24) is 13.6 Å². The summed E-state index contributed by atoms with van der Waals surface area (Å²) in [5.41, 5.74) is 0.492. The van der Waals surface area contributed by atoms with Crippen molar-refractivity contribution in [1.29, 1.82) is 0 Å². The van der Waals surface area contributed by atoms with Gasteiger partial charge in [-0.15, -0.1) is 0 Å². The highest BCUT2D eigenvalue weighted by molar-refractivity contribution is 7.86. The molecule has 0 spiro atoms. The van der Waals surface area contributed by atoms with Gasteiger partial charge in [-0.3, -0.25) is 4.90 Å². The first-order valence-corrected chi connectivity index (χ1v) is 10.6. The molecule has 0 bridgehead atoms. The van der Waals surface area contributed by atoms with Gasteiger partial charge in [-0.05, 0) is 51.2 Å². The molecule has 0 saturated carbocycles. The Labute approximate surface area is 161 Å². The minimum Gasteiger partial charge on any atom is -0.447 e. The molecule has 1 amide bonds. The molecule has 0 unspecified atom stereocenters. The Hall–Kier alpha value is -1.71. The summed E-state index contributed by atoms with van der Waals surface area (Å²) in [7, 11) is -0.226. The SMILES string of the molecule is CN(C)S(=O)(=O)N1CCC(Cc2cccc(N3C(=O)OCC3(C)C)n2)CC1. The third-order valence-corrected chi connectivity index (χ3v) is 7.16. The molecule has 0 radical (unpaired) electrons. The highest BCUT2D eigenvalue weighted by Crippen LogP contribution is 2.30. The summed E-state index contributed by atoms with van der Waals surface area (Å²) in [6.07, 6.45) is 2.01. The highest BCUT2D eigenvalue weighted by Gasteiger charge is 2.41. The summed E-state index contributed by atoms with van der Waals surface area (Å²) in [6.45, 7) is 5.30. The van der Waals surface area contributed by atoms with Crippen molar-refractivity contribution in [2.75, 3.05) is 38.7 Å². The van der Waals surface area contributed by atoms with Gasteiger partial charge in [-0.2, -0.15) is 17.0 Å². The van der Waals surface area contributed by atoms with E-state index in [-0.39, 0.29) is 6.09 Å². The van der Waals surface area contributed by atoms with Gasteiger partial charge in [0, 0.05) is 32.9 Å². The third-order valence-electron chi connectivity index (χ3n) is 5.22. The number of pyridine rings is 1. The van der Waals surface area contributed by atoms with Gasteiger partial charge in [-0.25, -0.2) is 9.78 Å². The van der Waals surface area contributed by atoms with Gasteiger partial charge < -0.3 is 4.74 Å². The number of hydrogen-bond acceptors (Lipinski definition) is 5. The second-order valence-electron chi connectivity index (χ2n) is 8.03. The Kier molecular flexibility index (Phi) is 5.47. The molecule has 27 heavy (non-hydrogen) atoms. The van der Waals surface area contributed by atoms with Crippen molar-refractivity contribution in [2.24, 2.45) is 5.92 Å². The summed E-state index contributed by atoms with van der Waals surface area (Å²) in [5, 5.41) is 0. The molecule has 2 aliphatic rings. The van der Waals surface area contributed by atoms with Crippen LogP contribution in [0.25, 0.3) is 0 Å². The van der Waals surface area contributed by atoms with Crippen molar-refractivity contribution in [3.05, 3.63) is 23.9 Å². The molecule has 0 N–H and O–H groups in total. The number of rotatable bonds is 5. The smallest absolute Gasteiger partial charge is 0.416 e. The molecule has 3 heterocycles. The van der Waals surface area contributed by atoms with E-state index in [1.165, 1.54) is 8.61 Å². The van der Waals surface area contributed by atoms with Crippen LogP contribution in [0.5, 0.6) is 0 Å². The van der Waals surface area contributed by atoms with Crippen LogP contribution in [0.4, 0.5) is 10.6 Å². The first-order chi connectivity index (χ1) is 12.6. The lowest BCUT2D eigenvalue weighted by molar-refractivity contribution is 0.175. The van der Waals surface area contributed by atoms with E-state index >= 15 is 0 Å². The van der Waals surface area contributed by atoms with E-state index in [1.54, 1.807) is 19.0 Å². The second-order valence-corrected chi connectivity index (χ2v) is 10.2. The van der Waals surface area contributed by atoms with Crippen molar-refractivity contribution in [2.45, 2.75) is 38.6 Å². The number of carbonyl (C=O) groups excluding carboxylic acids is 1. The van der Waals surface area contributed by atoms with E-state index in [1.807, 2.05) is 32.0 Å². The largest absolute Gasteiger partial charge is 0.447 e. The van der Waals surface area contributed by atoms with Crippen LogP contribution in [-0.4, -0.2) is 67.4 Å². The topological polar surface area (TPSA) is 83.1 Å². The van der Waals surface area contributed by atoms with Crippen LogP contribution in [-0.2, 0) is 21.4 Å². The monoisotopic (exact) mass is 396 g/mol. The van der Waals surface area contributed by atoms with Crippen LogP contribution < -0.4 is 4.90 Å². The molecule has 0 aliphatic carbocycles. The zero-order chi connectivity index (χ0) is 19.8. The molecule has 1 aromatic rings. The van der Waals surface area contributed by atoms with Crippen LogP contribution in [0.1, 0.15) is 32.4 Å². The van der Waals surface area contributed by atoms with Crippen LogP contribution >= 0.6 is 0 Å². The molecule has 0 aromatic carbocycles. The average molecular weight is 397 g/mol. The Morgan fingerprint density at radius 1 is 1.26 bits per heavy atom. The Balaban J connectivity index is 1.66. The first-order valence-electron chi connectivity index (χ1n) is 9.22. The van der Waals surface area contributed by atoms with Gasteiger partial charge in [0.15, 0.2) is 0 Å². The first kappa shape index (κ1) is 20.0. The molecular formula is C18H28N4O4S. The fraction of sp³-hybridized carbons (Fsp3) is 0.667.